The fraction of sp³-hybridized carbons (Fsp3) is 0.133. The van der Waals surface area contributed by atoms with E-state index in [1.807, 2.05) is 0 Å². The summed E-state index contributed by atoms with van der Waals surface area (Å²) in [5, 5.41) is 0.722. The summed E-state index contributed by atoms with van der Waals surface area (Å²) in [7, 11) is 1.54. The van der Waals surface area contributed by atoms with Gasteiger partial charge in [0.05, 0.1) is 17.2 Å². The number of methoxy groups -OCH3 is 1. The first-order chi connectivity index (χ1) is 9.99. The van der Waals surface area contributed by atoms with E-state index in [9.17, 15) is 4.79 Å². The minimum Gasteiger partial charge on any atom is -0.495 e. The molecule has 0 aliphatic carbocycles. The Bertz CT molecular complexity index is 671. The predicted molar refractivity (Wildman–Crippen MR) is 80.8 cm³/mol. The van der Waals surface area contributed by atoms with Gasteiger partial charge in [-0.25, -0.2) is 0 Å². The number of halogens is 2. The van der Waals surface area contributed by atoms with Crippen molar-refractivity contribution in [2.75, 3.05) is 7.11 Å². The summed E-state index contributed by atoms with van der Waals surface area (Å²) >= 11 is 12.0. The lowest BCUT2D eigenvalue weighted by Gasteiger charge is -2.10. The second-order valence-corrected chi connectivity index (χ2v) is 4.90. The second-order valence-electron chi connectivity index (χ2n) is 4.08. The predicted octanol–water partition coefficient (Wildman–Crippen LogP) is 4.72. The Hall–Kier alpha value is -1.91. The highest BCUT2D eigenvalue weighted by molar-refractivity contribution is 6.32. The molecule has 0 aliphatic rings. The van der Waals surface area contributed by atoms with Crippen LogP contribution in [0.4, 0.5) is 0 Å². The zero-order valence-electron chi connectivity index (χ0n) is 11.4. The normalized spacial score (nSPS) is 10.1. The number of hydrogen-bond acceptors (Lipinski definition) is 4. The van der Waals surface area contributed by atoms with Crippen LogP contribution in [0.1, 0.15) is 6.92 Å². The third-order valence-electron chi connectivity index (χ3n) is 2.52. The van der Waals surface area contributed by atoms with Crippen LogP contribution in [0.5, 0.6) is 23.0 Å². The van der Waals surface area contributed by atoms with Crippen LogP contribution < -0.4 is 14.2 Å². The number of benzene rings is 2. The van der Waals surface area contributed by atoms with Crippen molar-refractivity contribution in [2.24, 2.45) is 0 Å². The zero-order chi connectivity index (χ0) is 15.4. The van der Waals surface area contributed by atoms with Gasteiger partial charge in [-0.15, -0.1) is 0 Å². The highest BCUT2D eigenvalue weighted by Gasteiger charge is 2.08. The molecule has 0 fully saturated rings. The van der Waals surface area contributed by atoms with E-state index >= 15 is 0 Å². The summed E-state index contributed by atoms with van der Waals surface area (Å²) in [6.07, 6.45) is 0. The molecule has 0 amide bonds. The highest BCUT2D eigenvalue weighted by atomic mass is 35.5. The van der Waals surface area contributed by atoms with E-state index in [0.717, 1.165) is 0 Å². The van der Waals surface area contributed by atoms with Crippen LogP contribution in [-0.4, -0.2) is 13.1 Å². The van der Waals surface area contributed by atoms with Crippen LogP contribution in [0.25, 0.3) is 0 Å². The van der Waals surface area contributed by atoms with Gasteiger partial charge in [-0.05, 0) is 24.3 Å². The Morgan fingerprint density at radius 2 is 1.48 bits per heavy atom. The van der Waals surface area contributed by atoms with Crippen molar-refractivity contribution in [3.63, 3.8) is 0 Å². The van der Waals surface area contributed by atoms with Crippen molar-refractivity contribution in [3.8, 4) is 23.0 Å². The molecule has 0 aliphatic heterocycles. The maximum absolute atomic E-state index is 10.9. The fourth-order valence-corrected chi connectivity index (χ4v) is 2.09. The summed E-state index contributed by atoms with van der Waals surface area (Å²) < 4.78 is 15.6. The van der Waals surface area contributed by atoms with Crippen molar-refractivity contribution >= 4 is 29.2 Å². The van der Waals surface area contributed by atoms with E-state index in [2.05, 4.69) is 0 Å². The standard InChI is InChI=1S/C15H12Cl2O4/c1-9(18)20-15-6-4-11(8-13(15)17)21-10-3-5-14(19-2)12(16)7-10/h3-8H,1-2H3. The van der Waals surface area contributed by atoms with Gasteiger partial charge in [0.1, 0.15) is 23.0 Å². The molecule has 0 saturated carbocycles. The molecule has 110 valence electrons. The molecule has 2 aromatic carbocycles. The van der Waals surface area contributed by atoms with Gasteiger partial charge in [0.15, 0.2) is 0 Å². The third kappa shape index (κ3) is 4.03. The molecule has 0 heterocycles. The lowest BCUT2D eigenvalue weighted by atomic mass is 10.3. The van der Waals surface area contributed by atoms with Gasteiger partial charge in [0.25, 0.3) is 0 Å². The number of hydrogen-bond donors (Lipinski definition) is 0. The minimum atomic E-state index is -0.437. The molecule has 2 aromatic rings. The van der Waals surface area contributed by atoms with E-state index in [1.165, 1.54) is 14.0 Å². The molecular weight excluding hydrogens is 315 g/mol. The number of esters is 1. The molecule has 21 heavy (non-hydrogen) atoms. The first kappa shape index (κ1) is 15.5. The van der Waals surface area contributed by atoms with Crippen LogP contribution in [0.3, 0.4) is 0 Å². The van der Waals surface area contributed by atoms with Crippen molar-refractivity contribution in [2.45, 2.75) is 6.92 Å². The van der Waals surface area contributed by atoms with Crippen LogP contribution >= 0.6 is 23.2 Å². The molecule has 0 bridgehead atoms. The summed E-state index contributed by atoms with van der Waals surface area (Å²) in [5.41, 5.74) is 0. The topological polar surface area (TPSA) is 44.8 Å². The molecule has 6 heteroatoms. The van der Waals surface area contributed by atoms with Crippen molar-refractivity contribution in [1.29, 1.82) is 0 Å². The third-order valence-corrected chi connectivity index (χ3v) is 3.11. The molecule has 4 nitrogen and oxygen atoms in total. The zero-order valence-corrected chi connectivity index (χ0v) is 12.9. The maximum atomic E-state index is 10.9. The van der Waals surface area contributed by atoms with Gasteiger partial charge in [0, 0.05) is 19.1 Å². The van der Waals surface area contributed by atoms with E-state index in [0.29, 0.717) is 22.3 Å². The average Bonchev–Trinajstić information content (AvgIpc) is 2.42. The van der Waals surface area contributed by atoms with Gasteiger partial charge in [0.2, 0.25) is 0 Å². The first-order valence-electron chi connectivity index (χ1n) is 5.99. The second kappa shape index (κ2) is 6.70. The van der Waals surface area contributed by atoms with E-state index in [1.54, 1.807) is 36.4 Å². The Kier molecular flexibility index (Phi) is 4.94. The molecule has 0 radical (unpaired) electrons. The van der Waals surface area contributed by atoms with E-state index < -0.39 is 5.97 Å². The Morgan fingerprint density at radius 3 is 1.90 bits per heavy atom. The van der Waals surface area contributed by atoms with Crippen LogP contribution in [-0.2, 0) is 4.79 Å². The molecule has 2 rings (SSSR count). The largest absolute Gasteiger partial charge is 0.495 e. The Balaban J connectivity index is 2.18. The van der Waals surface area contributed by atoms with E-state index in [4.69, 9.17) is 37.4 Å². The Labute approximate surface area is 132 Å². The summed E-state index contributed by atoms with van der Waals surface area (Å²) in [6.45, 7) is 1.31. The fourth-order valence-electron chi connectivity index (χ4n) is 1.63. The molecule has 0 unspecified atom stereocenters. The van der Waals surface area contributed by atoms with Gasteiger partial charge < -0.3 is 14.2 Å². The highest BCUT2D eigenvalue weighted by Crippen LogP contribution is 2.34. The lowest BCUT2D eigenvalue weighted by Crippen LogP contribution is -2.01. The van der Waals surface area contributed by atoms with Crippen molar-refractivity contribution in [3.05, 3.63) is 46.4 Å². The summed E-state index contributed by atoms with van der Waals surface area (Å²) in [6, 6.07) is 9.81. The first-order valence-corrected chi connectivity index (χ1v) is 6.74. The molecule has 0 spiro atoms. The molecule has 0 saturated heterocycles. The lowest BCUT2D eigenvalue weighted by molar-refractivity contribution is -0.131. The molecule has 0 aromatic heterocycles. The number of ether oxygens (including phenoxy) is 3. The summed E-state index contributed by atoms with van der Waals surface area (Å²) in [5.74, 6) is 1.44. The monoisotopic (exact) mass is 326 g/mol. The molecular formula is C15H12Cl2O4. The minimum absolute atomic E-state index is 0.280. The van der Waals surface area contributed by atoms with E-state index in [-0.39, 0.29) is 10.8 Å². The average molecular weight is 327 g/mol. The molecule has 0 atom stereocenters. The Morgan fingerprint density at radius 1 is 0.952 bits per heavy atom. The van der Waals surface area contributed by atoms with Crippen molar-refractivity contribution in [1.82, 2.24) is 0 Å². The van der Waals surface area contributed by atoms with Gasteiger partial charge in [-0.1, -0.05) is 23.2 Å². The van der Waals surface area contributed by atoms with Crippen molar-refractivity contribution < 1.29 is 19.0 Å². The van der Waals surface area contributed by atoms with Gasteiger partial charge >= 0.3 is 5.97 Å². The van der Waals surface area contributed by atoms with Crippen LogP contribution in [0, 0.1) is 0 Å². The smallest absolute Gasteiger partial charge is 0.308 e. The summed E-state index contributed by atoms with van der Waals surface area (Å²) in [4.78, 5) is 10.9. The van der Waals surface area contributed by atoms with Crippen LogP contribution in [0.15, 0.2) is 36.4 Å². The number of carbonyl (C=O) groups is 1. The number of carbonyl (C=O) groups excluding carboxylic acids is 1. The number of rotatable bonds is 4. The SMILES string of the molecule is COc1ccc(Oc2ccc(OC(C)=O)c(Cl)c2)cc1Cl. The van der Waals surface area contributed by atoms with Gasteiger partial charge in [-0.2, -0.15) is 0 Å². The quantitative estimate of drug-likeness (QED) is 0.602. The van der Waals surface area contributed by atoms with Crippen LogP contribution in [0.2, 0.25) is 10.0 Å². The maximum Gasteiger partial charge on any atom is 0.308 e. The van der Waals surface area contributed by atoms with Gasteiger partial charge in [-0.3, -0.25) is 4.79 Å². The molecule has 0 N–H and O–H groups in total.